The van der Waals surface area contributed by atoms with Gasteiger partial charge in [-0.05, 0) is 43.9 Å². The maximum Gasteiger partial charge on any atom is 0.315 e. The van der Waals surface area contributed by atoms with E-state index in [-0.39, 0.29) is 23.4 Å². The highest BCUT2D eigenvalue weighted by Crippen LogP contribution is 2.34. The zero-order chi connectivity index (χ0) is 15.3. The fourth-order valence-corrected chi connectivity index (χ4v) is 3.60. The molecule has 2 saturated carbocycles. The Morgan fingerprint density at radius 1 is 1.10 bits per heavy atom. The Kier molecular flexibility index (Phi) is 5.48. The third-order valence-electron chi connectivity index (χ3n) is 5.15. The molecule has 21 heavy (non-hydrogen) atoms. The number of carbonyl (C=O) groups excluding carboxylic acids is 1. The predicted octanol–water partition coefficient (Wildman–Crippen LogP) is 2.90. The van der Waals surface area contributed by atoms with Crippen LogP contribution in [0.4, 0.5) is 4.79 Å². The summed E-state index contributed by atoms with van der Waals surface area (Å²) in [4.78, 5) is 22.9. The van der Waals surface area contributed by atoms with Gasteiger partial charge in [0.05, 0.1) is 5.92 Å². The van der Waals surface area contributed by atoms with Crippen molar-refractivity contribution in [2.75, 3.05) is 6.54 Å². The van der Waals surface area contributed by atoms with Crippen LogP contribution >= 0.6 is 0 Å². The van der Waals surface area contributed by atoms with Crippen LogP contribution in [0.2, 0.25) is 0 Å². The predicted molar refractivity (Wildman–Crippen MR) is 81.1 cm³/mol. The van der Waals surface area contributed by atoms with Crippen LogP contribution in [0.5, 0.6) is 0 Å². The van der Waals surface area contributed by atoms with E-state index in [1.165, 1.54) is 32.1 Å². The van der Waals surface area contributed by atoms with E-state index in [4.69, 9.17) is 5.11 Å². The van der Waals surface area contributed by atoms with Gasteiger partial charge in [0.2, 0.25) is 0 Å². The van der Waals surface area contributed by atoms with Gasteiger partial charge in [0, 0.05) is 12.6 Å². The van der Waals surface area contributed by atoms with Crippen molar-refractivity contribution >= 4 is 12.0 Å². The summed E-state index contributed by atoms with van der Waals surface area (Å²) in [6.07, 6.45) is 9.08. The molecule has 2 rings (SSSR count). The third kappa shape index (κ3) is 4.90. The molecule has 0 bridgehead atoms. The van der Waals surface area contributed by atoms with E-state index in [2.05, 4.69) is 17.6 Å². The third-order valence-corrected chi connectivity index (χ3v) is 5.15. The van der Waals surface area contributed by atoms with Crippen LogP contribution in [-0.2, 0) is 4.79 Å². The molecule has 2 amide bonds. The number of amides is 2. The van der Waals surface area contributed by atoms with Crippen molar-refractivity contribution in [1.29, 1.82) is 0 Å². The Bertz CT molecular complexity index is 370. The van der Waals surface area contributed by atoms with Crippen LogP contribution < -0.4 is 10.6 Å². The first-order valence-electron chi connectivity index (χ1n) is 8.26. The van der Waals surface area contributed by atoms with Gasteiger partial charge < -0.3 is 15.7 Å². The molecule has 0 aromatic heterocycles. The molecule has 0 aliphatic heterocycles. The number of carboxylic acid groups (broad SMARTS) is 1. The zero-order valence-corrected chi connectivity index (χ0v) is 13.0. The van der Waals surface area contributed by atoms with Crippen LogP contribution in [0, 0.1) is 11.3 Å². The van der Waals surface area contributed by atoms with E-state index in [0.717, 1.165) is 19.4 Å². The van der Waals surface area contributed by atoms with E-state index in [0.29, 0.717) is 12.8 Å². The van der Waals surface area contributed by atoms with Gasteiger partial charge in [-0.3, -0.25) is 4.79 Å². The number of carbonyl (C=O) groups is 2. The number of hydrogen-bond donors (Lipinski definition) is 3. The molecule has 0 radical (unpaired) electrons. The molecule has 0 aromatic carbocycles. The summed E-state index contributed by atoms with van der Waals surface area (Å²) < 4.78 is 0. The average Bonchev–Trinajstić information content (AvgIpc) is 2.47. The van der Waals surface area contributed by atoms with Crippen LogP contribution in [-0.4, -0.2) is 29.7 Å². The van der Waals surface area contributed by atoms with Gasteiger partial charge in [-0.2, -0.15) is 0 Å². The highest BCUT2D eigenvalue weighted by atomic mass is 16.4. The van der Waals surface area contributed by atoms with Crippen LogP contribution in [0.1, 0.15) is 64.7 Å². The highest BCUT2D eigenvalue weighted by molar-refractivity contribution is 5.74. The van der Waals surface area contributed by atoms with Crippen molar-refractivity contribution in [3.05, 3.63) is 0 Å². The van der Waals surface area contributed by atoms with Gasteiger partial charge >= 0.3 is 12.0 Å². The van der Waals surface area contributed by atoms with Gasteiger partial charge in [0.1, 0.15) is 0 Å². The molecule has 3 N–H and O–H groups in total. The highest BCUT2D eigenvalue weighted by Gasteiger charge is 2.29. The first kappa shape index (κ1) is 16.1. The van der Waals surface area contributed by atoms with E-state index in [1.807, 2.05) is 0 Å². The lowest BCUT2D eigenvalue weighted by Gasteiger charge is -2.34. The summed E-state index contributed by atoms with van der Waals surface area (Å²) >= 11 is 0. The lowest BCUT2D eigenvalue weighted by atomic mass is 9.76. The summed E-state index contributed by atoms with van der Waals surface area (Å²) in [7, 11) is 0. The molecule has 0 aromatic rings. The Balaban J connectivity index is 1.67. The van der Waals surface area contributed by atoms with Crippen LogP contribution in [0.25, 0.3) is 0 Å². The molecule has 2 aliphatic rings. The second kappa shape index (κ2) is 7.14. The second-order valence-corrected chi connectivity index (χ2v) is 7.09. The first-order chi connectivity index (χ1) is 9.98. The summed E-state index contributed by atoms with van der Waals surface area (Å²) in [5, 5.41) is 15.0. The van der Waals surface area contributed by atoms with E-state index in [9.17, 15) is 9.59 Å². The molecule has 0 heterocycles. The number of carboxylic acids is 1. The van der Waals surface area contributed by atoms with Crippen molar-refractivity contribution in [1.82, 2.24) is 10.6 Å². The summed E-state index contributed by atoms with van der Waals surface area (Å²) in [5.41, 5.74) is 0.247. The number of nitrogens with one attached hydrogen (secondary N) is 2. The van der Waals surface area contributed by atoms with Crippen molar-refractivity contribution in [3.63, 3.8) is 0 Å². The molecule has 5 nitrogen and oxygen atoms in total. The van der Waals surface area contributed by atoms with E-state index >= 15 is 0 Å². The molecule has 120 valence electrons. The smallest absolute Gasteiger partial charge is 0.315 e. The summed E-state index contributed by atoms with van der Waals surface area (Å²) in [6, 6.07) is 0.0281. The van der Waals surface area contributed by atoms with Gasteiger partial charge in [-0.15, -0.1) is 0 Å². The maximum atomic E-state index is 12.0. The molecular weight excluding hydrogens is 268 g/mol. The van der Waals surface area contributed by atoms with Gasteiger partial charge in [-0.25, -0.2) is 4.79 Å². The fraction of sp³-hybridized carbons (Fsp3) is 0.875. The van der Waals surface area contributed by atoms with E-state index < -0.39 is 5.97 Å². The molecule has 0 saturated heterocycles. The van der Waals surface area contributed by atoms with Gasteiger partial charge in [-0.1, -0.05) is 26.2 Å². The normalized spacial score (nSPS) is 28.6. The van der Waals surface area contributed by atoms with Crippen LogP contribution in [0.3, 0.4) is 0 Å². The minimum absolute atomic E-state index is 0.0967. The maximum absolute atomic E-state index is 12.0. The number of aliphatic carboxylic acids is 1. The quantitative estimate of drug-likeness (QED) is 0.746. The minimum atomic E-state index is -0.705. The van der Waals surface area contributed by atoms with Crippen LogP contribution in [0.15, 0.2) is 0 Å². The number of hydrogen-bond acceptors (Lipinski definition) is 2. The molecule has 5 heteroatoms. The fourth-order valence-electron chi connectivity index (χ4n) is 3.60. The minimum Gasteiger partial charge on any atom is -0.481 e. The SMILES string of the molecule is CC1(CNC(=O)NC2CCC(C(=O)O)CC2)CCCCC1. The zero-order valence-electron chi connectivity index (χ0n) is 13.0. The molecule has 2 fully saturated rings. The number of urea groups is 1. The largest absolute Gasteiger partial charge is 0.481 e. The van der Waals surface area contributed by atoms with Crippen molar-refractivity contribution in [2.24, 2.45) is 11.3 Å². The Morgan fingerprint density at radius 2 is 1.71 bits per heavy atom. The summed E-state index contributed by atoms with van der Waals surface area (Å²) in [6.45, 7) is 2.99. The lowest BCUT2D eigenvalue weighted by Crippen LogP contribution is -2.47. The van der Waals surface area contributed by atoms with Gasteiger partial charge in [0.25, 0.3) is 0 Å². The Morgan fingerprint density at radius 3 is 2.29 bits per heavy atom. The van der Waals surface area contributed by atoms with Crippen molar-refractivity contribution < 1.29 is 14.7 Å². The standard InChI is InChI=1S/C16H28N2O3/c1-16(9-3-2-4-10-16)11-17-15(21)18-13-7-5-12(6-8-13)14(19)20/h12-13H,2-11H2,1H3,(H,19,20)(H2,17,18,21). The van der Waals surface area contributed by atoms with E-state index in [1.54, 1.807) is 0 Å². The molecule has 2 aliphatic carbocycles. The molecular formula is C16H28N2O3. The van der Waals surface area contributed by atoms with Gasteiger partial charge in [0.15, 0.2) is 0 Å². The molecule has 0 spiro atoms. The lowest BCUT2D eigenvalue weighted by molar-refractivity contribution is -0.142. The Labute approximate surface area is 126 Å². The Hall–Kier alpha value is -1.26. The topological polar surface area (TPSA) is 78.4 Å². The average molecular weight is 296 g/mol. The first-order valence-corrected chi connectivity index (χ1v) is 8.26. The molecule has 0 atom stereocenters. The van der Waals surface area contributed by atoms with Crippen molar-refractivity contribution in [2.45, 2.75) is 70.8 Å². The van der Waals surface area contributed by atoms with Crippen molar-refractivity contribution in [3.8, 4) is 0 Å². The summed E-state index contributed by atoms with van der Waals surface area (Å²) in [5.74, 6) is -0.935. The monoisotopic (exact) mass is 296 g/mol. The second-order valence-electron chi connectivity index (χ2n) is 7.09. The number of rotatable bonds is 4. The molecule has 0 unspecified atom stereocenters.